The molecule has 0 amide bonds. The van der Waals surface area contributed by atoms with Gasteiger partial charge in [0.15, 0.2) is 0 Å². The molecule has 0 aromatic heterocycles. The van der Waals surface area contributed by atoms with E-state index in [0.717, 1.165) is 46.0 Å². The van der Waals surface area contributed by atoms with Crippen molar-refractivity contribution in [3.8, 4) is 0 Å². The molecule has 0 radical (unpaired) electrons. The first-order valence-electron chi connectivity index (χ1n) is 4.58. The fourth-order valence-corrected chi connectivity index (χ4v) is 1.17. The third kappa shape index (κ3) is 4.01. The number of nitrogens with zero attached hydrogens (tertiary/aromatic N) is 1. The Morgan fingerprint density at radius 3 is 2.83 bits per heavy atom. The highest BCUT2D eigenvalue weighted by atomic mass is 16.6. The van der Waals surface area contributed by atoms with E-state index in [4.69, 9.17) is 9.57 Å². The lowest BCUT2D eigenvalue weighted by atomic mass is 10.4. The van der Waals surface area contributed by atoms with Gasteiger partial charge >= 0.3 is 0 Å². The van der Waals surface area contributed by atoms with E-state index in [0.29, 0.717) is 0 Å². The van der Waals surface area contributed by atoms with Gasteiger partial charge in [-0.3, -0.25) is 4.90 Å². The second-order valence-electron chi connectivity index (χ2n) is 2.80. The van der Waals surface area contributed by atoms with E-state index in [-0.39, 0.29) is 0 Å². The molecule has 1 fully saturated rings. The molecule has 1 aliphatic rings. The second-order valence-corrected chi connectivity index (χ2v) is 2.80. The van der Waals surface area contributed by atoms with Gasteiger partial charge in [0.05, 0.1) is 19.8 Å². The minimum Gasteiger partial charge on any atom is -0.379 e. The summed E-state index contributed by atoms with van der Waals surface area (Å²) in [6, 6.07) is 0. The smallest absolute Gasteiger partial charge is 0.0809 e. The van der Waals surface area contributed by atoms with Crippen LogP contribution in [-0.2, 0) is 9.57 Å². The van der Waals surface area contributed by atoms with E-state index in [1.165, 1.54) is 0 Å². The number of morpholine rings is 1. The molecule has 72 valence electrons. The van der Waals surface area contributed by atoms with E-state index in [1.54, 1.807) is 0 Å². The molecule has 0 unspecified atom stereocenters. The summed E-state index contributed by atoms with van der Waals surface area (Å²) in [5.41, 5.74) is 2.83. The number of ether oxygens (including phenoxy) is 1. The van der Waals surface area contributed by atoms with Crippen LogP contribution in [0.4, 0.5) is 0 Å². The van der Waals surface area contributed by atoms with Crippen LogP contribution in [0.2, 0.25) is 0 Å². The van der Waals surface area contributed by atoms with Crippen molar-refractivity contribution in [1.82, 2.24) is 10.4 Å². The molecule has 4 nitrogen and oxygen atoms in total. The molecule has 0 spiro atoms. The fraction of sp³-hybridized carbons (Fsp3) is 1.00. The molecule has 1 saturated heterocycles. The van der Waals surface area contributed by atoms with Gasteiger partial charge in [-0.25, -0.2) is 5.48 Å². The summed E-state index contributed by atoms with van der Waals surface area (Å²) in [7, 11) is 0. The largest absolute Gasteiger partial charge is 0.379 e. The molecule has 0 saturated carbocycles. The van der Waals surface area contributed by atoms with Gasteiger partial charge in [0, 0.05) is 26.2 Å². The summed E-state index contributed by atoms with van der Waals surface area (Å²) in [5, 5.41) is 0. The van der Waals surface area contributed by atoms with Crippen molar-refractivity contribution in [3.63, 3.8) is 0 Å². The highest BCUT2D eigenvalue weighted by Gasteiger charge is 2.08. The monoisotopic (exact) mass is 174 g/mol. The first kappa shape index (κ1) is 9.92. The molecule has 1 N–H and O–H groups in total. The Morgan fingerprint density at radius 2 is 2.17 bits per heavy atom. The predicted molar refractivity (Wildman–Crippen MR) is 46.9 cm³/mol. The zero-order chi connectivity index (χ0) is 8.65. The van der Waals surface area contributed by atoms with Gasteiger partial charge in [-0.05, 0) is 0 Å². The Hall–Kier alpha value is -0.160. The summed E-state index contributed by atoms with van der Waals surface area (Å²) in [5.74, 6) is 0. The van der Waals surface area contributed by atoms with E-state index in [1.807, 2.05) is 6.92 Å². The number of hydrogen-bond donors (Lipinski definition) is 1. The van der Waals surface area contributed by atoms with Crippen molar-refractivity contribution < 1.29 is 9.57 Å². The molecule has 12 heavy (non-hydrogen) atoms. The predicted octanol–water partition coefficient (Wildman–Crippen LogP) is -0.140. The molecule has 4 heteroatoms. The van der Waals surface area contributed by atoms with Crippen LogP contribution in [0.25, 0.3) is 0 Å². The minimum absolute atomic E-state index is 0.758. The molecule has 1 aliphatic heterocycles. The molecular weight excluding hydrogens is 156 g/mol. The van der Waals surface area contributed by atoms with Crippen molar-refractivity contribution in [3.05, 3.63) is 0 Å². The number of hydrogen-bond acceptors (Lipinski definition) is 4. The van der Waals surface area contributed by atoms with Crippen molar-refractivity contribution in [2.75, 3.05) is 46.0 Å². The lowest BCUT2D eigenvalue weighted by molar-refractivity contribution is -0.00300. The van der Waals surface area contributed by atoms with Gasteiger partial charge in [0.2, 0.25) is 0 Å². The normalized spacial score (nSPS) is 19.8. The van der Waals surface area contributed by atoms with Crippen LogP contribution in [0.1, 0.15) is 6.92 Å². The average molecular weight is 174 g/mol. The Kier molecular flexibility index (Phi) is 5.27. The van der Waals surface area contributed by atoms with Gasteiger partial charge in [0.1, 0.15) is 0 Å². The van der Waals surface area contributed by atoms with Crippen LogP contribution in [0, 0.1) is 0 Å². The van der Waals surface area contributed by atoms with Crippen LogP contribution in [0.15, 0.2) is 0 Å². The third-order valence-corrected chi connectivity index (χ3v) is 1.86. The van der Waals surface area contributed by atoms with E-state index in [9.17, 15) is 0 Å². The Bertz CT molecular complexity index is 105. The van der Waals surface area contributed by atoms with Crippen LogP contribution >= 0.6 is 0 Å². The summed E-state index contributed by atoms with van der Waals surface area (Å²) in [6.45, 7) is 8.44. The lowest BCUT2D eigenvalue weighted by Gasteiger charge is -2.26. The van der Waals surface area contributed by atoms with Crippen molar-refractivity contribution in [2.24, 2.45) is 0 Å². The fourth-order valence-electron chi connectivity index (χ4n) is 1.17. The maximum Gasteiger partial charge on any atom is 0.0809 e. The molecular formula is C8H18N2O2. The van der Waals surface area contributed by atoms with Gasteiger partial charge in [-0.1, -0.05) is 6.92 Å². The van der Waals surface area contributed by atoms with E-state index < -0.39 is 0 Å². The summed E-state index contributed by atoms with van der Waals surface area (Å²) < 4.78 is 5.23. The molecule has 0 aromatic rings. The SMILES string of the molecule is CCNOCCN1CCOCC1. The standard InChI is InChI=1S/C8H18N2O2/c1-2-9-12-8-5-10-3-6-11-7-4-10/h9H,2-8H2,1H3. The maximum atomic E-state index is 5.23. The highest BCUT2D eigenvalue weighted by Crippen LogP contribution is 1.94. The first-order valence-corrected chi connectivity index (χ1v) is 4.58. The number of hydroxylamine groups is 1. The van der Waals surface area contributed by atoms with Gasteiger partial charge in [-0.15, -0.1) is 0 Å². The van der Waals surface area contributed by atoms with Crippen LogP contribution in [0.3, 0.4) is 0 Å². The van der Waals surface area contributed by atoms with Crippen molar-refractivity contribution >= 4 is 0 Å². The molecule has 1 rings (SSSR count). The Labute approximate surface area is 73.8 Å². The summed E-state index contributed by atoms with van der Waals surface area (Å²) >= 11 is 0. The quantitative estimate of drug-likeness (QED) is 0.464. The lowest BCUT2D eigenvalue weighted by Crippen LogP contribution is -2.38. The topological polar surface area (TPSA) is 33.7 Å². The third-order valence-electron chi connectivity index (χ3n) is 1.86. The van der Waals surface area contributed by atoms with Crippen molar-refractivity contribution in [1.29, 1.82) is 0 Å². The average Bonchev–Trinajstić information content (AvgIpc) is 2.14. The Morgan fingerprint density at radius 1 is 1.42 bits per heavy atom. The maximum absolute atomic E-state index is 5.23. The van der Waals surface area contributed by atoms with Gasteiger partial charge in [0.25, 0.3) is 0 Å². The van der Waals surface area contributed by atoms with E-state index >= 15 is 0 Å². The molecule has 0 atom stereocenters. The van der Waals surface area contributed by atoms with Crippen LogP contribution < -0.4 is 5.48 Å². The highest BCUT2D eigenvalue weighted by molar-refractivity contribution is 4.60. The number of nitrogens with one attached hydrogen (secondary N) is 1. The van der Waals surface area contributed by atoms with Crippen LogP contribution in [-0.4, -0.2) is 50.9 Å². The molecule has 0 bridgehead atoms. The Balaban J connectivity index is 1.91. The van der Waals surface area contributed by atoms with Gasteiger partial charge in [-0.2, -0.15) is 0 Å². The van der Waals surface area contributed by atoms with Gasteiger partial charge < -0.3 is 9.57 Å². The molecule has 1 heterocycles. The van der Waals surface area contributed by atoms with Crippen molar-refractivity contribution in [2.45, 2.75) is 6.92 Å². The molecule has 0 aromatic carbocycles. The zero-order valence-corrected chi connectivity index (χ0v) is 7.71. The van der Waals surface area contributed by atoms with E-state index in [2.05, 4.69) is 10.4 Å². The molecule has 0 aliphatic carbocycles. The zero-order valence-electron chi connectivity index (χ0n) is 7.71. The summed E-state index contributed by atoms with van der Waals surface area (Å²) in [6.07, 6.45) is 0. The second kappa shape index (κ2) is 6.37. The first-order chi connectivity index (χ1) is 5.93. The van der Waals surface area contributed by atoms with Crippen LogP contribution in [0.5, 0.6) is 0 Å². The number of rotatable bonds is 5. The summed E-state index contributed by atoms with van der Waals surface area (Å²) in [4.78, 5) is 7.50. The minimum atomic E-state index is 0.758.